The lowest BCUT2D eigenvalue weighted by molar-refractivity contribution is 0.383. The Morgan fingerprint density at radius 1 is 0.897 bits per heavy atom. The van der Waals surface area contributed by atoms with Crippen LogP contribution >= 0.6 is 0 Å². The highest BCUT2D eigenvalue weighted by molar-refractivity contribution is 7.88. The second kappa shape index (κ2) is 8.28. The Morgan fingerprint density at radius 3 is 2.31 bits per heavy atom. The smallest absolute Gasteiger partial charge is 0.227 e. The number of rotatable bonds is 5. The molecule has 0 amide bonds. The van der Waals surface area contributed by atoms with Gasteiger partial charge >= 0.3 is 0 Å². The van der Waals surface area contributed by atoms with Crippen molar-refractivity contribution >= 4 is 21.8 Å². The van der Waals surface area contributed by atoms with Crippen molar-refractivity contribution in [1.29, 1.82) is 0 Å². The fourth-order valence-electron chi connectivity index (χ4n) is 4.06. The molecule has 0 spiro atoms. The van der Waals surface area contributed by atoms with E-state index in [-0.39, 0.29) is 5.75 Å². The first-order valence-electron chi connectivity index (χ1n) is 10.3. The predicted octanol–water partition coefficient (Wildman–Crippen LogP) is 2.35. The molecule has 0 unspecified atom stereocenters. The SMILES string of the molecule is Cc1cccc(CS(=O)(=O)N2CCN(c3cc(C)nc(N4CCCC4)n3)CC2)c1. The van der Waals surface area contributed by atoms with E-state index in [1.54, 1.807) is 4.31 Å². The van der Waals surface area contributed by atoms with Crippen LogP contribution in [0, 0.1) is 13.8 Å². The molecule has 7 nitrogen and oxygen atoms in total. The third kappa shape index (κ3) is 4.70. The summed E-state index contributed by atoms with van der Waals surface area (Å²) in [6.45, 7) is 8.24. The lowest BCUT2D eigenvalue weighted by atomic mass is 10.2. The van der Waals surface area contributed by atoms with Crippen LogP contribution in [0.1, 0.15) is 29.7 Å². The van der Waals surface area contributed by atoms with E-state index in [1.165, 1.54) is 12.8 Å². The van der Waals surface area contributed by atoms with Crippen molar-refractivity contribution in [2.24, 2.45) is 0 Å². The van der Waals surface area contributed by atoms with Crippen molar-refractivity contribution < 1.29 is 8.42 Å². The monoisotopic (exact) mass is 415 g/mol. The molecular weight excluding hydrogens is 386 g/mol. The van der Waals surface area contributed by atoms with Gasteiger partial charge in [0.1, 0.15) is 5.82 Å². The number of hydrogen-bond donors (Lipinski definition) is 0. The van der Waals surface area contributed by atoms with Gasteiger partial charge < -0.3 is 9.80 Å². The van der Waals surface area contributed by atoms with Crippen LogP contribution in [0.2, 0.25) is 0 Å². The molecule has 4 rings (SSSR count). The molecule has 0 bridgehead atoms. The van der Waals surface area contributed by atoms with Crippen LogP contribution < -0.4 is 9.80 Å². The quantitative estimate of drug-likeness (QED) is 0.747. The number of aromatic nitrogens is 2. The summed E-state index contributed by atoms with van der Waals surface area (Å²) in [6, 6.07) is 9.71. The number of aryl methyl sites for hydroxylation is 2. The maximum absolute atomic E-state index is 12.9. The summed E-state index contributed by atoms with van der Waals surface area (Å²) < 4.78 is 27.3. The molecule has 2 aromatic rings. The van der Waals surface area contributed by atoms with Crippen molar-refractivity contribution in [3.63, 3.8) is 0 Å². The molecule has 1 aromatic carbocycles. The number of nitrogens with zero attached hydrogens (tertiary/aromatic N) is 5. The van der Waals surface area contributed by atoms with Crippen molar-refractivity contribution in [1.82, 2.24) is 14.3 Å². The van der Waals surface area contributed by atoms with E-state index >= 15 is 0 Å². The summed E-state index contributed by atoms with van der Waals surface area (Å²) in [6.07, 6.45) is 2.37. The Bertz CT molecular complexity index is 965. The first kappa shape index (κ1) is 20.1. The molecule has 2 saturated heterocycles. The maximum atomic E-state index is 12.9. The highest BCUT2D eigenvalue weighted by Gasteiger charge is 2.28. The molecule has 0 saturated carbocycles. The van der Waals surface area contributed by atoms with Gasteiger partial charge in [-0.1, -0.05) is 29.8 Å². The van der Waals surface area contributed by atoms with Crippen molar-refractivity contribution in [3.8, 4) is 0 Å². The highest BCUT2D eigenvalue weighted by atomic mass is 32.2. The molecule has 29 heavy (non-hydrogen) atoms. The van der Waals surface area contributed by atoms with Crippen molar-refractivity contribution in [2.45, 2.75) is 32.4 Å². The second-order valence-corrected chi connectivity index (χ2v) is 9.96. The minimum absolute atomic E-state index is 0.0560. The molecule has 1 aromatic heterocycles. The number of sulfonamides is 1. The maximum Gasteiger partial charge on any atom is 0.227 e. The molecule has 0 N–H and O–H groups in total. The minimum atomic E-state index is -3.32. The largest absolute Gasteiger partial charge is 0.354 e. The standard InChI is InChI=1S/C21H29N5O2S/c1-17-6-5-7-19(14-17)16-29(27,28)26-12-10-24(11-13-26)20-15-18(2)22-21(23-20)25-8-3-4-9-25/h5-7,14-15H,3-4,8-13,16H2,1-2H3. The molecule has 0 radical (unpaired) electrons. The zero-order valence-corrected chi connectivity index (χ0v) is 18.0. The average molecular weight is 416 g/mol. The topological polar surface area (TPSA) is 69.6 Å². The van der Waals surface area contributed by atoms with Crippen molar-refractivity contribution in [2.75, 3.05) is 49.1 Å². The Labute approximate surface area is 173 Å². The van der Waals surface area contributed by atoms with Gasteiger partial charge in [-0.2, -0.15) is 9.29 Å². The molecule has 3 heterocycles. The van der Waals surface area contributed by atoms with Gasteiger partial charge in [-0.05, 0) is 32.3 Å². The molecule has 8 heteroatoms. The molecule has 2 aliphatic heterocycles. The van der Waals surface area contributed by atoms with Gasteiger partial charge in [0.15, 0.2) is 0 Å². The third-order valence-corrected chi connectivity index (χ3v) is 7.46. The first-order chi connectivity index (χ1) is 13.9. The van der Waals surface area contributed by atoms with Gasteiger partial charge in [-0.15, -0.1) is 0 Å². The van der Waals surface area contributed by atoms with Gasteiger partial charge in [0, 0.05) is 51.0 Å². The van der Waals surface area contributed by atoms with Gasteiger partial charge in [0.25, 0.3) is 0 Å². The van der Waals surface area contributed by atoms with E-state index in [1.807, 2.05) is 44.2 Å². The van der Waals surface area contributed by atoms with Crippen LogP contribution in [-0.4, -0.2) is 62.0 Å². The van der Waals surface area contributed by atoms with Gasteiger partial charge in [-0.25, -0.2) is 13.4 Å². The first-order valence-corrected chi connectivity index (χ1v) is 11.9. The van der Waals surface area contributed by atoms with E-state index in [2.05, 4.69) is 14.8 Å². The molecule has 2 aliphatic rings. The number of piperazine rings is 1. The van der Waals surface area contributed by atoms with Crippen LogP contribution in [-0.2, 0) is 15.8 Å². The van der Waals surface area contributed by atoms with Gasteiger partial charge in [0.2, 0.25) is 16.0 Å². The lowest BCUT2D eigenvalue weighted by Gasteiger charge is -2.35. The highest BCUT2D eigenvalue weighted by Crippen LogP contribution is 2.23. The third-order valence-electron chi connectivity index (χ3n) is 5.61. The summed E-state index contributed by atoms with van der Waals surface area (Å²) >= 11 is 0. The zero-order chi connectivity index (χ0) is 20.4. The average Bonchev–Trinajstić information content (AvgIpc) is 3.22. The van der Waals surface area contributed by atoms with Crippen LogP contribution in [0.25, 0.3) is 0 Å². The fourth-order valence-corrected chi connectivity index (χ4v) is 5.56. The summed E-state index contributed by atoms with van der Waals surface area (Å²) in [4.78, 5) is 13.8. The van der Waals surface area contributed by atoms with E-state index < -0.39 is 10.0 Å². The van der Waals surface area contributed by atoms with E-state index in [9.17, 15) is 8.42 Å². The second-order valence-electron chi connectivity index (χ2n) is 7.99. The van der Waals surface area contributed by atoms with Crippen LogP contribution in [0.3, 0.4) is 0 Å². The molecule has 0 aliphatic carbocycles. The number of anilines is 2. The Balaban J connectivity index is 1.42. The lowest BCUT2D eigenvalue weighted by Crippen LogP contribution is -2.49. The summed E-state index contributed by atoms with van der Waals surface area (Å²) in [5.41, 5.74) is 2.87. The van der Waals surface area contributed by atoms with Crippen LogP contribution in [0.5, 0.6) is 0 Å². The number of benzene rings is 1. The Morgan fingerprint density at radius 2 is 1.62 bits per heavy atom. The molecule has 156 valence electrons. The van der Waals surface area contributed by atoms with E-state index in [4.69, 9.17) is 4.98 Å². The van der Waals surface area contributed by atoms with E-state index in [0.717, 1.165) is 41.7 Å². The molecule has 2 fully saturated rings. The Kier molecular flexibility index (Phi) is 5.74. The molecule has 0 atom stereocenters. The molecular formula is C21H29N5O2S. The minimum Gasteiger partial charge on any atom is -0.354 e. The number of hydrogen-bond acceptors (Lipinski definition) is 6. The van der Waals surface area contributed by atoms with Gasteiger partial charge in [-0.3, -0.25) is 0 Å². The Hall–Kier alpha value is -2.19. The van der Waals surface area contributed by atoms with Crippen LogP contribution in [0.4, 0.5) is 11.8 Å². The summed E-state index contributed by atoms with van der Waals surface area (Å²) in [5, 5.41) is 0. The summed E-state index contributed by atoms with van der Waals surface area (Å²) in [7, 11) is -3.32. The van der Waals surface area contributed by atoms with Crippen LogP contribution in [0.15, 0.2) is 30.3 Å². The van der Waals surface area contributed by atoms with Gasteiger partial charge in [0.05, 0.1) is 5.75 Å². The predicted molar refractivity (Wildman–Crippen MR) is 116 cm³/mol. The normalized spacial score (nSPS) is 18.4. The zero-order valence-electron chi connectivity index (χ0n) is 17.2. The van der Waals surface area contributed by atoms with Crippen molar-refractivity contribution in [3.05, 3.63) is 47.2 Å². The summed E-state index contributed by atoms with van der Waals surface area (Å²) in [5.74, 6) is 1.75. The fraction of sp³-hybridized carbons (Fsp3) is 0.524. The van der Waals surface area contributed by atoms with E-state index in [0.29, 0.717) is 26.2 Å².